The summed E-state index contributed by atoms with van der Waals surface area (Å²) in [7, 11) is 0. The maximum atomic E-state index is 12.0. The molecule has 2 rings (SSSR count). The average Bonchev–Trinajstić information content (AvgIpc) is 2.57. The molecule has 6 heteroatoms. The van der Waals surface area contributed by atoms with Crippen LogP contribution in [0.15, 0.2) is 66.0 Å². The van der Waals surface area contributed by atoms with Gasteiger partial charge in [0.15, 0.2) is 0 Å². The first kappa shape index (κ1) is 18.2. The van der Waals surface area contributed by atoms with Gasteiger partial charge in [-0.15, -0.1) is 0 Å². The molecule has 0 amide bonds. The molecule has 0 radical (unpaired) electrons. The van der Waals surface area contributed by atoms with E-state index in [9.17, 15) is 24.6 Å². The van der Waals surface area contributed by atoms with Crippen LogP contribution in [-0.4, -0.2) is 28.1 Å². The standard InChI is InChI=1S/C19H18O6/c1-4-14(20)25-16-11(2)10-13(17(21)22)19(3,15(16)18(23)24)12-8-6-5-7-9-12/h4-10,13H,1H2,2-3H3,(H,21,22)(H,23,24). The van der Waals surface area contributed by atoms with Gasteiger partial charge in [-0.05, 0) is 25.0 Å². The van der Waals surface area contributed by atoms with E-state index in [0.29, 0.717) is 5.56 Å². The lowest BCUT2D eigenvalue weighted by Crippen LogP contribution is -2.44. The van der Waals surface area contributed by atoms with Crippen LogP contribution in [0, 0.1) is 5.92 Å². The number of aliphatic carboxylic acids is 2. The SMILES string of the molecule is C=CC(=O)OC1=C(C(=O)O)C(C)(c2ccccc2)C(C(=O)O)C=C1C. The fourth-order valence-electron chi connectivity index (χ4n) is 3.10. The van der Waals surface area contributed by atoms with E-state index in [0.717, 1.165) is 6.08 Å². The average molecular weight is 342 g/mol. The third kappa shape index (κ3) is 3.10. The van der Waals surface area contributed by atoms with Gasteiger partial charge in [-0.1, -0.05) is 43.0 Å². The molecule has 6 nitrogen and oxygen atoms in total. The molecule has 0 saturated carbocycles. The van der Waals surface area contributed by atoms with E-state index >= 15 is 0 Å². The van der Waals surface area contributed by atoms with Crippen molar-refractivity contribution in [1.82, 2.24) is 0 Å². The topological polar surface area (TPSA) is 101 Å². The summed E-state index contributed by atoms with van der Waals surface area (Å²) >= 11 is 0. The second kappa shape index (κ2) is 6.76. The van der Waals surface area contributed by atoms with Gasteiger partial charge >= 0.3 is 17.9 Å². The number of allylic oxidation sites excluding steroid dienone is 1. The summed E-state index contributed by atoms with van der Waals surface area (Å²) in [5.41, 5.74) is -0.930. The molecule has 0 spiro atoms. The van der Waals surface area contributed by atoms with Gasteiger partial charge in [0.2, 0.25) is 0 Å². The number of carboxylic acid groups (broad SMARTS) is 2. The van der Waals surface area contributed by atoms with Gasteiger partial charge in [0.1, 0.15) is 5.76 Å². The van der Waals surface area contributed by atoms with E-state index in [-0.39, 0.29) is 16.9 Å². The lowest BCUT2D eigenvalue weighted by atomic mass is 9.63. The van der Waals surface area contributed by atoms with E-state index in [1.165, 1.54) is 19.9 Å². The van der Waals surface area contributed by atoms with Crippen molar-refractivity contribution >= 4 is 17.9 Å². The zero-order valence-electron chi connectivity index (χ0n) is 13.9. The minimum Gasteiger partial charge on any atom is -0.481 e. The van der Waals surface area contributed by atoms with Crippen molar-refractivity contribution in [2.75, 3.05) is 0 Å². The maximum Gasteiger partial charge on any atom is 0.336 e. The van der Waals surface area contributed by atoms with Crippen LogP contribution in [0.4, 0.5) is 0 Å². The summed E-state index contributed by atoms with van der Waals surface area (Å²) in [6, 6.07) is 8.44. The number of carboxylic acids is 2. The van der Waals surface area contributed by atoms with Crippen molar-refractivity contribution in [1.29, 1.82) is 0 Å². The maximum absolute atomic E-state index is 12.0. The number of ether oxygens (including phenoxy) is 1. The Kier molecular flexibility index (Phi) is 4.92. The summed E-state index contributed by atoms with van der Waals surface area (Å²) in [5, 5.41) is 19.5. The highest BCUT2D eigenvalue weighted by Gasteiger charge is 2.50. The van der Waals surface area contributed by atoms with E-state index in [1.54, 1.807) is 30.3 Å². The molecule has 0 bridgehead atoms. The molecule has 1 aromatic carbocycles. The van der Waals surface area contributed by atoms with Crippen molar-refractivity contribution in [2.45, 2.75) is 19.3 Å². The molecule has 130 valence electrons. The number of hydrogen-bond donors (Lipinski definition) is 2. The second-order valence-corrected chi connectivity index (χ2v) is 5.87. The van der Waals surface area contributed by atoms with Crippen LogP contribution in [0.5, 0.6) is 0 Å². The van der Waals surface area contributed by atoms with Crippen molar-refractivity contribution in [3.05, 3.63) is 71.5 Å². The van der Waals surface area contributed by atoms with Gasteiger partial charge in [0, 0.05) is 11.5 Å². The molecule has 0 fully saturated rings. The second-order valence-electron chi connectivity index (χ2n) is 5.87. The summed E-state index contributed by atoms with van der Waals surface area (Å²) in [6.07, 6.45) is 2.33. The van der Waals surface area contributed by atoms with Crippen molar-refractivity contribution in [3.63, 3.8) is 0 Å². The van der Waals surface area contributed by atoms with Crippen molar-refractivity contribution in [2.24, 2.45) is 5.92 Å². The molecular weight excluding hydrogens is 324 g/mol. The number of esters is 1. The fourth-order valence-corrected chi connectivity index (χ4v) is 3.10. The first-order valence-electron chi connectivity index (χ1n) is 7.52. The van der Waals surface area contributed by atoms with Crippen molar-refractivity contribution < 1.29 is 29.3 Å². The third-order valence-corrected chi connectivity index (χ3v) is 4.37. The Hall–Kier alpha value is -3.15. The van der Waals surface area contributed by atoms with Gasteiger partial charge in [0.05, 0.1) is 11.5 Å². The highest BCUT2D eigenvalue weighted by Crippen LogP contribution is 2.46. The molecule has 0 saturated heterocycles. The predicted octanol–water partition coefficient (Wildman–Crippen LogP) is 2.67. The minimum absolute atomic E-state index is 0.152. The number of rotatable bonds is 5. The van der Waals surface area contributed by atoms with E-state index in [4.69, 9.17) is 4.74 Å². The van der Waals surface area contributed by atoms with Gasteiger partial charge in [-0.2, -0.15) is 0 Å². The highest BCUT2D eigenvalue weighted by atomic mass is 16.5. The summed E-state index contributed by atoms with van der Waals surface area (Å²) < 4.78 is 5.15. The molecule has 1 aliphatic carbocycles. The van der Waals surface area contributed by atoms with Crippen LogP contribution in [-0.2, 0) is 24.5 Å². The first-order valence-corrected chi connectivity index (χ1v) is 7.52. The van der Waals surface area contributed by atoms with Crippen LogP contribution < -0.4 is 0 Å². The number of benzene rings is 1. The van der Waals surface area contributed by atoms with E-state index < -0.39 is 29.2 Å². The van der Waals surface area contributed by atoms with Gasteiger partial charge in [-0.25, -0.2) is 9.59 Å². The van der Waals surface area contributed by atoms with Gasteiger partial charge < -0.3 is 14.9 Å². The molecule has 1 aliphatic rings. The Morgan fingerprint density at radius 2 is 1.80 bits per heavy atom. The molecule has 2 unspecified atom stereocenters. The highest BCUT2D eigenvalue weighted by molar-refractivity contribution is 5.96. The lowest BCUT2D eigenvalue weighted by Gasteiger charge is -2.39. The molecule has 0 aromatic heterocycles. The lowest BCUT2D eigenvalue weighted by molar-refractivity contribution is -0.142. The zero-order chi connectivity index (χ0) is 18.8. The molecule has 1 aromatic rings. The smallest absolute Gasteiger partial charge is 0.336 e. The monoisotopic (exact) mass is 342 g/mol. The quantitative estimate of drug-likeness (QED) is 0.630. The van der Waals surface area contributed by atoms with Crippen molar-refractivity contribution in [3.8, 4) is 0 Å². The number of carbonyl (C=O) groups excluding carboxylic acids is 1. The summed E-state index contributed by atoms with van der Waals surface area (Å²) in [6.45, 7) is 6.33. The van der Waals surface area contributed by atoms with Crippen LogP contribution >= 0.6 is 0 Å². The Morgan fingerprint density at radius 1 is 1.20 bits per heavy atom. The Balaban J connectivity index is 2.82. The molecule has 0 heterocycles. The normalized spacial score (nSPS) is 22.8. The van der Waals surface area contributed by atoms with Crippen LogP contribution in [0.2, 0.25) is 0 Å². The van der Waals surface area contributed by atoms with E-state index in [2.05, 4.69) is 6.58 Å². The summed E-state index contributed by atoms with van der Waals surface area (Å²) in [5.74, 6) is -4.62. The van der Waals surface area contributed by atoms with Crippen LogP contribution in [0.3, 0.4) is 0 Å². The van der Waals surface area contributed by atoms with Crippen LogP contribution in [0.1, 0.15) is 19.4 Å². The van der Waals surface area contributed by atoms with Crippen LogP contribution in [0.25, 0.3) is 0 Å². The Morgan fingerprint density at radius 3 is 2.28 bits per heavy atom. The largest absolute Gasteiger partial charge is 0.481 e. The molecule has 25 heavy (non-hydrogen) atoms. The first-order chi connectivity index (χ1) is 11.7. The van der Waals surface area contributed by atoms with E-state index in [1.807, 2.05) is 0 Å². The molecular formula is C19H18O6. The Labute approximate surface area is 144 Å². The number of hydrogen-bond acceptors (Lipinski definition) is 4. The number of carbonyl (C=O) groups is 3. The van der Waals surface area contributed by atoms with Gasteiger partial charge in [0.25, 0.3) is 0 Å². The zero-order valence-corrected chi connectivity index (χ0v) is 13.9. The third-order valence-electron chi connectivity index (χ3n) is 4.37. The minimum atomic E-state index is -1.42. The van der Waals surface area contributed by atoms with Gasteiger partial charge in [-0.3, -0.25) is 4.79 Å². The molecule has 2 N–H and O–H groups in total. The predicted molar refractivity (Wildman–Crippen MR) is 89.6 cm³/mol. The molecule has 0 aliphatic heterocycles. The fraction of sp³-hybridized carbons (Fsp3) is 0.211. The summed E-state index contributed by atoms with van der Waals surface area (Å²) in [4.78, 5) is 35.5. The molecule has 2 atom stereocenters. The Bertz CT molecular complexity index is 802.